The van der Waals surface area contributed by atoms with Crippen molar-refractivity contribution in [3.8, 4) is 0 Å². The molecule has 19 heavy (non-hydrogen) atoms. The summed E-state index contributed by atoms with van der Waals surface area (Å²) < 4.78 is 2.54. The number of carboxylic acid groups (broad SMARTS) is 1. The molecule has 0 spiro atoms. The van der Waals surface area contributed by atoms with Crippen molar-refractivity contribution in [3.63, 3.8) is 0 Å². The van der Waals surface area contributed by atoms with Gasteiger partial charge in [-0.05, 0) is 0 Å². The molecule has 0 aliphatic heterocycles. The van der Waals surface area contributed by atoms with Crippen LogP contribution in [0.2, 0.25) is 0 Å². The van der Waals surface area contributed by atoms with Crippen molar-refractivity contribution in [2.45, 2.75) is 20.8 Å². The van der Waals surface area contributed by atoms with Crippen LogP contribution in [0.1, 0.15) is 27.0 Å². The van der Waals surface area contributed by atoms with Crippen molar-refractivity contribution < 1.29 is 31.1 Å². The third-order valence-corrected chi connectivity index (χ3v) is 6.39. The Morgan fingerprint density at radius 2 is 1.68 bits per heavy atom. The quantitative estimate of drug-likeness (QED) is 0.800. The molecule has 0 saturated carbocycles. The van der Waals surface area contributed by atoms with Gasteiger partial charge in [-0.2, -0.15) is 0 Å². The van der Waals surface area contributed by atoms with Gasteiger partial charge in [0.1, 0.15) is 0 Å². The molecule has 0 radical (unpaired) electrons. The first-order valence-electron chi connectivity index (χ1n) is 6.03. The zero-order valence-corrected chi connectivity index (χ0v) is 13.4. The Hall–Kier alpha value is -1.36. The van der Waals surface area contributed by atoms with Crippen molar-refractivity contribution in [1.29, 1.82) is 0 Å². The summed E-state index contributed by atoms with van der Waals surface area (Å²) in [7, 11) is 0. The maximum atomic E-state index is 11.0. The molecule has 0 aliphatic carbocycles. The van der Waals surface area contributed by atoms with E-state index >= 15 is 0 Å². The number of hydrogen-bond donors (Lipinski definition) is 1. The van der Waals surface area contributed by atoms with Gasteiger partial charge in [0, 0.05) is 0 Å². The number of aromatic carboxylic acids is 1. The summed E-state index contributed by atoms with van der Waals surface area (Å²) in [6.07, 6.45) is 0. The van der Waals surface area contributed by atoms with E-state index in [9.17, 15) is 4.79 Å². The second kappa shape index (κ2) is 5.74. The van der Waals surface area contributed by atoms with Crippen LogP contribution in [0.15, 0.2) is 36.4 Å². The summed E-state index contributed by atoms with van der Waals surface area (Å²) in [6, 6.07) is 11.7. The van der Waals surface area contributed by atoms with Crippen LogP contribution >= 0.6 is 0 Å². The SMILES string of the molecule is Cc1cc(C)c([I-]c2cccc(C(=O)O)c2)c(C)c1. The molecule has 2 aromatic carbocycles. The first-order chi connectivity index (χ1) is 8.97. The molecule has 0 aliphatic rings. The first-order valence-corrected chi connectivity index (χ1v) is 8.19. The topological polar surface area (TPSA) is 37.3 Å². The molecule has 0 heterocycles. The minimum absolute atomic E-state index is 0.333. The van der Waals surface area contributed by atoms with Gasteiger partial charge in [0.15, 0.2) is 0 Å². The van der Waals surface area contributed by atoms with Gasteiger partial charge < -0.3 is 0 Å². The fourth-order valence-corrected chi connectivity index (χ4v) is 4.76. The van der Waals surface area contributed by atoms with Crippen molar-refractivity contribution >= 4 is 5.97 Å². The predicted octanol–water partition coefficient (Wildman–Crippen LogP) is 0.438. The summed E-state index contributed by atoms with van der Waals surface area (Å²) in [5, 5.41) is 9.03. The van der Waals surface area contributed by atoms with Gasteiger partial charge in [0.25, 0.3) is 0 Å². The fourth-order valence-electron chi connectivity index (χ4n) is 2.10. The van der Waals surface area contributed by atoms with Gasteiger partial charge in [-0.25, -0.2) is 0 Å². The molecule has 0 amide bonds. The zero-order chi connectivity index (χ0) is 14.0. The van der Waals surface area contributed by atoms with E-state index in [1.165, 1.54) is 20.3 Å². The summed E-state index contributed by atoms with van der Waals surface area (Å²) in [5.41, 5.74) is 4.28. The van der Waals surface area contributed by atoms with Gasteiger partial charge in [0.2, 0.25) is 0 Å². The number of benzene rings is 2. The van der Waals surface area contributed by atoms with Gasteiger partial charge in [-0.15, -0.1) is 0 Å². The van der Waals surface area contributed by atoms with Gasteiger partial charge >= 0.3 is 124 Å². The average Bonchev–Trinajstić information content (AvgIpc) is 2.34. The summed E-state index contributed by atoms with van der Waals surface area (Å²) in [6.45, 7) is 6.37. The molecule has 2 nitrogen and oxygen atoms in total. The van der Waals surface area contributed by atoms with Crippen molar-refractivity contribution in [3.05, 3.63) is 65.8 Å². The number of halogens is 1. The standard InChI is InChI=1S/C16H16IO2/c1-10-7-11(2)15(12(3)8-10)17-14-6-4-5-13(9-14)16(18)19/h4-9H,1-3H3,(H,18,19)/q-1. The molecule has 1 N–H and O–H groups in total. The molecule has 0 saturated heterocycles. The fraction of sp³-hybridized carbons (Fsp3) is 0.188. The molecule has 2 aromatic rings. The van der Waals surface area contributed by atoms with E-state index in [1.54, 1.807) is 12.1 Å². The van der Waals surface area contributed by atoms with Crippen LogP contribution in [0, 0.1) is 27.9 Å². The Bertz CT molecular complexity index is 609. The number of carboxylic acids is 1. The number of hydrogen-bond acceptors (Lipinski definition) is 1. The van der Waals surface area contributed by atoms with Crippen molar-refractivity contribution in [2.75, 3.05) is 0 Å². The molecule has 0 unspecified atom stereocenters. The molecule has 0 bridgehead atoms. The van der Waals surface area contributed by atoms with E-state index in [4.69, 9.17) is 5.11 Å². The Balaban J connectivity index is 2.36. The van der Waals surface area contributed by atoms with Crippen molar-refractivity contribution in [1.82, 2.24) is 0 Å². The van der Waals surface area contributed by atoms with Gasteiger partial charge in [-0.3, -0.25) is 0 Å². The Morgan fingerprint density at radius 1 is 1.05 bits per heavy atom. The molecular formula is C16H16IO2-. The Labute approximate surface area is 123 Å². The molecule has 0 aromatic heterocycles. The first kappa shape index (κ1) is 14.1. The average molecular weight is 367 g/mol. The van der Waals surface area contributed by atoms with E-state index in [0.717, 1.165) is 3.57 Å². The molecule has 0 atom stereocenters. The van der Waals surface area contributed by atoms with Gasteiger partial charge in [0.05, 0.1) is 0 Å². The molecule has 0 fully saturated rings. The molecule has 100 valence electrons. The van der Waals surface area contributed by atoms with E-state index in [0.29, 0.717) is 5.56 Å². The van der Waals surface area contributed by atoms with Gasteiger partial charge in [-0.1, -0.05) is 0 Å². The number of rotatable bonds is 3. The third kappa shape index (κ3) is 3.35. The second-order valence-corrected chi connectivity index (χ2v) is 7.49. The monoisotopic (exact) mass is 367 g/mol. The minimum atomic E-state index is -0.858. The second-order valence-electron chi connectivity index (χ2n) is 4.62. The molecule has 2 rings (SSSR count). The Morgan fingerprint density at radius 3 is 2.26 bits per heavy atom. The summed E-state index contributed by atoms with van der Waals surface area (Å²) >= 11 is -0.333. The van der Waals surface area contributed by atoms with Crippen molar-refractivity contribution in [2.24, 2.45) is 0 Å². The Kier molecular flexibility index (Phi) is 4.24. The van der Waals surface area contributed by atoms with E-state index < -0.39 is 5.97 Å². The maximum absolute atomic E-state index is 11.0. The predicted molar refractivity (Wildman–Crippen MR) is 71.4 cm³/mol. The van der Waals surface area contributed by atoms with E-state index in [-0.39, 0.29) is 21.2 Å². The molecular weight excluding hydrogens is 351 g/mol. The normalized spacial score (nSPS) is 10.7. The zero-order valence-electron chi connectivity index (χ0n) is 11.2. The van der Waals surface area contributed by atoms with E-state index in [1.807, 2.05) is 12.1 Å². The van der Waals surface area contributed by atoms with Crippen LogP contribution in [0.3, 0.4) is 0 Å². The van der Waals surface area contributed by atoms with Crippen LogP contribution in [0.25, 0.3) is 0 Å². The van der Waals surface area contributed by atoms with Crippen LogP contribution in [-0.2, 0) is 0 Å². The van der Waals surface area contributed by atoms with Crippen LogP contribution in [0.5, 0.6) is 0 Å². The summed E-state index contributed by atoms with van der Waals surface area (Å²) in [4.78, 5) is 11.0. The third-order valence-electron chi connectivity index (χ3n) is 2.86. The van der Waals surface area contributed by atoms with Crippen LogP contribution < -0.4 is 21.2 Å². The molecule has 3 heteroatoms. The number of carbonyl (C=O) groups is 1. The number of aryl methyl sites for hydroxylation is 3. The summed E-state index contributed by atoms with van der Waals surface area (Å²) in [5.74, 6) is -0.858. The van der Waals surface area contributed by atoms with Crippen LogP contribution in [0.4, 0.5) is 0 Å². The van der Waals surface area contributed by atoms with E-state index in [2.05, 4.69) is 32.9 Å². The van der Waals surface area contributed by atoms with Crippen LogP contribution in [-0.4, -0.2) is 11.1 Å².